The first-order valence-corrected chi connectivity index (χ1v) is 7.44. The molecule has 1 atom stereocenters. The molecule has 0 radical (unpaired) electrons. The van der Waals surface area contributed by atoms with E-state index in [1.165, 1.54) is 4.88 Å². The Bertz CT molecular complexity index is 681. The van der Waals surface area contributed by atoms with Crippen LogP contribution in [-0.2, 0) is 6.42 Å². The molecule has 0 fully saturated rings. The quantitative estimate of drug-likeness (QED) is 0.558. The van der Waals surface area contributed by atoms with Crippen molar-refractivity contribution in [3.63, 3.8) is 0 Å². The molecule has 0 aliphatic heterocycles. The summed E-state index contributed by atoms with van der Waals surface area (Å²) in [6, 6.07) is 10.5. The number of nitrogens with two attached hydrogens (primary N) is 1. The fraction of sp³-hybridized carbons (Fsp3) is 0.200. The number of benzene rings is 1. The Balaban J connectivity index is 1.79. The van der Waals surface area contributed by atoms with Gasteiger partial charge in [-0.2, -0.15) is 0 Å². The summed E-state index contributed by atoms with van der Waals surface area (Å²) in [5.41, 5.74) is 5.86. The fourth-order valence-corrected chi connectivity index (χ4v) is 3.01. The van der Waals surface area contributed by atoms with Gasteiger partial charge in [-0.3, -0.25) is 21.2 Å². The maximum Gasteiger partial charge on any atom is 0.0890 e. The van der Waals surface area contributed by atoms with Crippen molar-refractivity contribution in [2.45, 2.75) is 18.9 Å². The van der Waals surface area contributed by atoms with Gasteiger partial charge in [0.25, 0.3) is 0 Å². The van der Waals surface area contributed by atoms with E-state index in [4.69, 9.17) is 5.84 Å². The molecule has 0 saturated heterocycles. The zero-order valence-electron chi connectivity index (χ0n) is 11.0. The molecule has 0 aliphatic carbocycles. The van der Waals surface area contributed by atoms with Crippen LogP contribution in [0.3, 0.4) is 0 Å². The summed E-state index contributed by atoms with van der Waals surface area (Å²) in [4.78, 5) is 10.0. The second-order valence-corrected chi connectivity index (χ2v) is 5.67. The van der Waals surface area contributed by atoms with Crippen LogP contribution in [0.5, 0.6) is 0 Å². The number of hydrazine groups is 1. The molecule has 3 rings (SSSR count). The smallest absolute Gasteiger partial charge is 0.0890 e. The average molecular weight is 284 g/mol. The maximum atomic E-state index is 5.71. The highest BCUT2D eigenvalue weighted by atomic mass is 32.1. The first-order chi connectivity index (χ1) is 9.86. The van der Waals surface area contributed by atoms with Gasteiger partial charge >= 0.3 is 0 Å². The van der Waals surface area contributed by atoms with Gasteiger partial charge in [-0.25, -0.2) is 0 Å². The predicted molar refractivity (Wildman–Crippen MR) is 82.2 cm³/mol. The number of hydrogen-bond acceptors (Lipinski definition) is 5. The van der Waals surface area contributed by atoms with Crippen LogP contribution in [-0.4, -0.2) is 9.97 Å². The molecule has 20 heavy (non-hydrogen) atoms. The van der Waals surface area contributed by atoms with E-state index in [9.17, 15) is 0 Å². The third-order valence-electron chi connectivity index (χ3n) is 3.36. The lowest BCUT2D eigenvalue weighted by molar-refractivity contribution is 0.518. The molecule has 1 unspecified atom stereocenters. The Morgan fingerprint density at radius 2 is 2.00 bits per heavy atom. The monoisotopic (exact) mass is 284 g/mol. The molecule has 3 aromatic rings. The standard InChI is InChI=1S/C15H16N4S/c16-19-13(6-4-12-2-1-9-20-12)11-3-5-14-15(10-11)18-8-7-17-14/h1-3,5,7-10,13,19H,4,6,16H2. The zero-order valence-corrected chi connectivity index (χ0v) is 11.8. The van der Waals surface area contributed by atoms with E-state index in [0.29, 0.717) is 0 Å². The molecule has 0 amide bonds. The maximum absolute atomic E-state index is 5.71. The van der Waals surface area contributed by atoms with Gasteiger partial charge in [0.05, 0.1) is 11.0 Å². The number of rotatable bonds is 5. The molecule has 4 nitrogen and oxygen atoms in total. The van der Waals surface area contributed by atoms with E-state index in [-0.39, 0.29) is 6.04 Å². The third kappa shape index (κ3) is 2.85. The van der Waals surface area contributed by atoms with Gasteiger partial charge in [0.15, 0.2) is 0 Å². The molecule has 0 spiro atoms. The van der Waals surface area contributed by atoms with Crippen molar-refractivity contribution in [2.75, 3.05) is 0 Å². The molecule has 0 aliphatic rings. The minimum atomic E-state index is 0.128. The zero-order chi connectivity index (χ0) is 13.8. The SMILES string of the molecule is NNC(CCc1cccs1)c1ccc2nccnc2c1. The first-order valence-electron chi connectivity index (χ1n) is 6.56. The van der Waals surface area contributed by atoms with E-state index in [0.717, 1.165) is 29.4 Å². The number of fused-ring (bicyclic) bond motifs is 1. The van der Waals surface area contributed by atoms with Gasteiger partial charge < -0.3 is 0 Å². The van der Waals surface area contributed by atoms with Crippen LogP contribution in [0, 0.1) is 0 Å². The molecule has 1 aromatic carbocycles. The summed E-state index contributed by atoms with van der Waals surface area (Å²) < 4.78 is 0. The van der Waals surface area contributed by atoms with Crippen molar-refractivity contribution in [3.8, 4) is 0 Å². The molecular weight excluding hydrogens is 268 g/mol. The Morgan fingerprint density at radius 3 is 2.75 bits per heavy atom. The van der Waals surface area contributed by atoms with Gasteiger partial charge in [-0.15, -0.1) is 11.3 Å². The average Bonchev–Trinajstić information content (AvgIpc) is 3.01. The Morgan fingerprint density at radius 1 is 1.15 bits per heavy atom. The second-order valence-electron chi connectivity index (χ2n) is 4.64. The van der Waals surface area contributed by atoms with E-state index >= 15 is 0 Å². The normalized spacial score (nSPS) is 12.7. The van der Waals surface area contributed by atoms with Crippen LogP contribution in [0.15, 0.2) is 48.1 Å². The van der Waals surface area contributed by atoms with Gasteiger partial charge in [0.1, 0.15) is 0 Å². The lowest BCUT2D eigenvalue weighted by Gasteiger charge is -2.16. The molecule has 2 aromatic heterocycles. The summed E-state index contributed by atoms with van der Waals surface area (Å²) in [5.74, 6) is 5.71. The summed E-state index contributed by atoms with van der Waals surface area (Å²) in [7, 11) is 0. The Labute approximate surface area is 121 Å². The lowest BCUT2D eigenvalue weighted by atomic mass is 10.0. The van der Waals surface area contributed by atoms with Gasteiger partial charge in [-0.05, 0) is 42.0 Å². The highest BCUT2D eigenvalue weighted by molar-refractivity contribution is 7.09. The summed E-state index contributed by atoms with van der Waals surface area (Å²) in [6.45, 7) is 0. The van der Waals surface area contributed by atoms with Crippen molar-refractivity contribution < 1.29 is 0 Å². The minimum Gasteiger partial charge on any atom is -0.271 e. The van der Waals surface area contributed by atoms with Crippen molar-refractivity contribution in [1.29, 1.82) is 0 Å². The molecule has 2 heterocycles. The summed E-state index contributed by atoms with van der Waals surface area (Å²) >= 11 is 1.78. The van der Waals surface area contributed by atoms with Crippen LogP contribution in [0.1, 0.15) is 22.9 Å². The van der Waals surface area contributed by atoms with E-state index in [2.05, 4.69) is 45.0 Å². The predicted octanol–water partition coefficient (Wildman–Crippen LogP) is 2.83. The Hall–Kier alpha value is -1.82. The van der Waals surface area contributed by atoms with Crippen LogP contribution in [0.2, 0.25) is 0 Å². The molecule has 0 bridgehead atoms. The van der Waals surface area contributed by atoms with E-state index in [1.807, 2.05) is 6.07 Å². The third-order valence-corrected chi connectivity index (χ3v) is 4.29. The van der Waals surface area contributed by atoms with Gasteiger partial charge in [0.2, 0.25) is 0 Å². The van der Waals surface area contributed by atoms with Crippen LogP contribution >= 0.6 is 11.3 Å². The number of nitrogens with one attached hydrogen (secondary N) is 1. The lowest BCUT2D eigenvalue weighted by Crippen LogP contribution is -2.28. The number of aromatic nitrogens is 2. The van der Waals surface area contributed by atoms with Gasteiger partial charge in [0, 0.05) is 23.3 Å². The number of hydrogen-bond donors (Lipinski definition) is 2. The number of aryl methyl sites for hydroxylation is 1. The summed E-state index contributed by atoms with van der Waals surface area (Å²) in [6.07, 6.45) is 5.40. The van der Waals surface area contributed by atoms with E-state index < -0.39 is 0 Å². The molecule has 3 N–H and O–H groups in total. The number of thiophene rings is 1. The fourth-order valence-electron chi connectivity index (χ4n) is 2.28. The second kappa shape index (κ2) is 6.09. The number of nitrogens with zero attached hydrogens (tertiary/aromatic N) is 2. The highest BCUT2D eigenvalue weighted by Gasteiger charge is 2.11. The van der Waals surface area contributed by atoms with E-state index in [1.54, 1.807) is 23.7 Å². The van der Waals surface area contributed by atoms with Crippen LogP contribution < -0.4 is 11.3 Å². The van der Waals surface area contributed by atoms with Crippen molar-refractivity contribution in [1.82, 2.24) is 15.4 Å². The van der Waals surface area contributed by atoms with Crippen molar-refractivity contribution >= 4 is 22.4 Å². The molecular formula is C15H16N4S. The Kier molecular flexibility index (Phi) is 4.01. The van der Waals surface area contributed by atoms with Gasteiger partial charge in [-0.1, -0.05) is 12.1 Å². The highest BCUT2D eigenvalue weighted by Crippen LogP contribution is 2.22. The topological polar surface area (TPSA) is 63.8 Å². The largest absolute Gasteiger partial charge is 0.271 e. The molecule has 102 valence electrons. The van der Waals surface area contributed by atoms with Crippen molar-refractivity contribution in [2.24, 2.45) is 5.84 Å². The van der Waals surface area contributed by atoms with Crippen LogP contribution in [0.4, 0.5) is 0 Å². The molecule has 0 saturated carbocycles. The van der Waals surface area contributed by atoms with Crippen LogP contribution in [0.25, 0.3) is 11.0 Å². The minimum absolute atomic E-state index is 0.128. The van der Waals surface area contributed by atoms with Crippen molar-refractivity contribution in [3.05, 3.63) is 58.5 Å². The first kappa shape index (κ1) is 13.2. The molecule has 5 heteroatoms. The summed E-state index contributed by atoms with van der Waals surface area (Å²) in [5, 5.41) is 2.10.